The van der Waals surface area contributed by atoms with Crippen LogP contribution in [0.15, 0.2) is 58.1 Å². The molecule has 0 bridgehead atoms. The minimum atomic E-state index is -0.504. The Labute approximate surface area is 178 Å². The monoisotopic (exact) mass is 424 g/mol. The third-order valence-electron chi connectivity index (χ3n) is 5.27. The fourth-order valence-corrected chi connectivity index (χ4v) is 3.64. The van der Waals surface area contributed by atoms with Gasteiger partial charge in [0, 0.05) is 42.6 Å². The number of amides is 2. The number of para-hydroxylation sites is 1. The van der Waals surface area contributed by atoms with E-state index in [2.05, 4.69) is 10.6 Å². The number of hydrogen-bond acceptors (Lipinski definition) is 5. The van der Waals surface area contributed by atoms with Crippen molar-refractivity contribution >= 4 is 40.4 Å². The lowest BCUT2D eigenvalue weighted by Crippen LogP contribution is -2.53. The van der Waals surface area contributed by atoms with Crippen molar-refractivity contribution in [3.63, 3.8) is 0 Å². The number of carbonyl (C=O) groups is 1. The van der Waals surface area contributed by atoms with E-state index in [1.54, 1.807) is 29.2 Å². The molecule has 0 radical (unpaired) electrons. The Morgan fingerprint density at radius 3 is 2.27 bits per heavy atom. The van der Waals surface area contributed by atoms with Crippen LogP contribution in [0.2, 0.25) is 5.02 Å². The van der Waals surface area contributed by atoms with Crippen molar-refractivity contribution in [2.75, 3.05) is 41.7 Å². The molecular weight excluding hydrogens is 404 g/mol. The maximum Gasteiger partial charge on any atom is 0.321 e. The van der Waals surface area contributed by atoms with Crippen LogP contribution in [-0.2, 0) is 0 Å². The van der Waals surface area contributed by atoms with Gasteiger partial charge in [-0.05, 0) is 42.8 Å². The van der Waals surface area contributed by atoms with Crippen molar-refractivity contribution in [2.45, 2.75) is 6.92 Å². The van der Waals surface area contributed by atoms with Crippen molar-refractivity contribution in [1.82, 2.24) is 4.90 Å². The SMILES string of the molecule is Cc1ccccc1Nc1c(N2CCN(C(=O)Nc3ccc(Cl)cc3)CC2)c(=O)c1=O. The number of urea groups is 1. The molecule has 3 aromatic carbocycles. The van der Waals surface area contributed by atoms with Gasteiger partial charge in [-0.15, -0.1) is 0 Å². The largest absolute Gasteiger partial charge is 0.363 e. The van der Waals surface area contributed by atoms with Gasteiger partial charge in [0.05, 0.1) is 0 Å². The molecule has 3 aromatic rings. The molecule has 4 rings (SSSR count). The van der Waals surface area contributed by atoms with Crippen LogP contribution in [0.3, 0.4) is 0 Å². The number of anilines is 4. The molecule has 1 aliphatic heterocycles. The molecule has 7 nitrogen and oxygen atoms in total. The van der Waals surface area contributed by atoms with Gasteiger partial charge in [0.1, 0.15) is 11.4 Å². The summed E-state index contributed by atoms with van der Waals surface area (Å²) < 4.78 is 0. The molecule has 1 fully saturated rings. The Kier molecular flexibility index (Phi) is 5.46. The number of carbonyl (C=O) groups excluding carboxylic acids is 1. The van der Waals surface area contributed by atoms with Gasteiger partial charge < -0.3 is 20.4 Å². The fourth-order valence-electron chi connectivity index (χ4n) is 3.51. The van der Waals surface area contributed by atoms with E-state index in [1.165, 1.54) is 0 Å². The van der Waals surface area contributed by atoms with Crippen LogP contribution in [0.25, 0.3) is 0 Å². The normalized spacial score (nSPS) is 14.1. The topological polar surface area (TPSA) is 81.8 Å². The van der Waals surface area contributed by atoms with Crippen LogP contribution in [-0.4, -0.2) is 37.1 Å². The maximum absolute atomic E-state index is 12.5. The van der Waals surface area contributed by atoms with Crippen molar-refractivity contribution in [1.29, 1.82) is 0 Å². The summed E-state index contributed by atoms with van der Waals surface area (Å²) in [5, 5.41) is 6.55. The van der Waals surface area contributed by atoms with Crippen molar-refractivity contribution in [2.24, 2.45) is 0 Å². The van der Waals surface area contributed by atoms with Gasteiger partial charge in [0.25, 0.3) is 10.9 Å². The van der Waals surface area contributed by atoms with Crippen LogP contribution in [0.4, 0.5) is 27.5 Å². The summed E-state index contributed by atoms with van der Waals surface area (Å²) >= 11 is 5.87. The molecule has 1 saturated heterocycles. The first-order valence-corrected chi connectivity index (χ1v) is 10.0. The molecule has 0 atom stereocenters. The summed E-state index contributed by atoms with van der Waals surface area (Å²) in [5.74, 6) is 0. The summed E-state index contributed by atoms with van der Waals surface area (Å²) in [5.41, 5.74) is 2.20. The minimum absolute atomic E-state index is 0.208. The third-order valence-corrected chi connectivity index (χ3v) is 5.52. The molecule has 8 heteroatoms. The molecular formula is C22H21ClN4O3. The lowest BCUT2D eigenvalue weighted by molar-refractivity contribution is 0.208. The summed E-state index contributed by atoms with van der Waals surface area (Å²) in [6.07, 6.45) is 0. The van der Waals surface area contributed by atoms with Crippen LogP contribution in [0, 0.1) is 6.92 Å². The Morgan fingerprint density at radius 1 is 0.933 bits per heavy atom. The van der Waals surface area contributed by atoms with Gasteiger partial charge in [-0.3, -0.25) is 9.59 Å². The zero-order valence-corrected chi connectivity index (χ0v) is 17.2. The lowest BCUT2D eigenvalue weighted by atomic mass is 10.1. The summed E-state index contributed by atoms with van der Waals surface area (Å²) in [6, 6.07) is 14.3. The quantitative estimate of drug-likeness (QED) is 0.628. The Balaban J connectivity index is 1.41. The molecule has 0 aliphatic carbocycles. The van der Waals surface area contributed by atoms with Gasteiger partial charge in [0.2, 0.25) is 0 Å². The van der Waals surface area contributed by atoms with Crippen LogP contribution >= 0.6 is 11.6 Å². The highest BCUT2D eigenvalue weighted by atomic mass is 35.5. The van der Waals surface area contributed by atoms with Crippen LogP contribution in [0.1, 0.15) is 5.56 Å². The molecule has 0 spiro atoms. The van der Waals surface area contributed by atoms with E-state index in [1.807, 2.05) is 36.1 Å². The summed E-state index contributed by atoms with van der Waals surface area (Å²) in [7, 11) is 0. The molecule has 0 saturated carbocycles. The second kappa shape index (κ2) is 8.20. The van der Waals surface area contributed by atoms with E-state index in [-0.39, 0.29) is 6.03 Å². The zero-order valence-electron chi connectivity index (χ0n) is 16.4. The Hall–Kier alpha value is -3.32. The molecule has 2 amide bonds. The molecule has 0 unspecified atom stereocenters. The number of piperazine rings is 1. The second-order valence-electron chi connectivity index (χ2n) is 7.23. The van der Waals surface area contributed by atoms with Gasteiger partial charge in [-0.25, -0.2) is 4.79 Å². The first kappa shape index (κ1) is 20.0. The molecule has 2 N–H and O–H groups in total. The van der Waals surface area contributed by atoms with Crippen LogP contribution in [0.5, 0.6) is 0 Å². The number of hydrogen-bond donors (Lipinski definition) is 2. The number of halogens is 1. The number of rotatable bonds is 4. The van der Waals surface area contributed by atoms with E-state index in [9.17, 15) is 14.4 Å². The number of benzene rings is 2. The predicted octanol–water partition coefficient (Wildman–Crippen LogP) is 3.34. The van der Waals surface area contributed by atoms with Gasteiger partial charge in [0.15, 0.2) is 0 Å². The van der Waals surface area contributed by atoms with Crippen molar-refractivity contribution < 1.29 is 4.79 Å². The highest BCUT2D eigenvalue weighted by Gasteiger charge is 2.30. The second-order valence-corrected chi connectivity index (χ2v) is 7.67. The molecule has 154 valence electrons. The molecule has 1 heterocycles. The maximum atomic E-state index is 12.5. The van der Waals surface area contributed by atoms with Gasteiger partial charge >= 0.3 is 6.03 Å². The number of nitrogens with zero attached hydrogens (tertiary/aromatic N) is 2. The smallest absolute Gasteiger partial charge is 0.321 e. The summed E-state index contributed by atoms with van der Waals surface area (Å²) in [4.78, 5) is 40.4. The number of aryl methyl sites for hydroxylation is 1. The van der Waals surface area contributed by atoms with Gasteiger partial charge in [-0.2, -0.15) is 0 Å². The molecule has 0 aromatic heterocycles. The first-order chi connectivity index (χ1) is 14.4. The Morgan fingerprint density at radius 2 is 1.60 bits per heavy atom. The lowest BCUT2D eigenvalue weighted by Gasteiger charge is -2.37. The molecule has 30 heavy (non-hydrogen) atoms. The Bertz CT molecular complexity index is 1140. The van der Waals surface area contributed by atoms with Crippen LogP contribution < -0.4 is 26.4 Å². The highest BCUT2D eigenvalue weighted by Crippen LogP contribution is 2.27. The summed E-state index contributed by atoms with van der Waals surface area (Å²) in [6.45, 7) is 3.78. The van der Waals surface area contributed by atoms with Crippen molar-refractivity contribution in [3.8, 4) is 0 Å². The molecule has 1 aliphatic rings. The minimum Gasteiger partial charge on any atom is -0.363 e. The average Bonchev–Trinajstić information content (AvgIpc) is 2.76. The number of nitrogens with one attached hydrogen (secondary N) is 2. The van der Waals surface area contributed by atoms with Crippen molar-refractivity contribution in [3.05, 3.63) is 79.6 Å². The van der Waals surface area contributed by atoms with Gasteiger partial charge in [-0.1, -0.05) is 29.8 Å². The van der Waals surface area contributed by atoms with E-state index in [0.717, 1.165) is 11.3 Å². The fraction of sp³-hybridized carbons (Fsp3) is 0.227. The highest BCUT2D eigenvalue weighted by molar-refractivity contribution is 6.30. The first-order valence-electron chi connectivity index (χ1n) is 9.66. The van der Waals surface area contributed by atoms with E-state index < -0.39 is 10.9 Å². The zero-order chi connectivity index (χ0) is 21.3. The van der Waals surface area contributed by atoms with E-state index >= 15 is 0 Å². The van der Waals surface area contributed by atoms with E-state index in [4.69, 9.17) is 11.6 Å². The standard InChI is InChI=1S/C22H21ClN4O3/c1-14-4-2-3-5-17(14)25-18-19(21(29)20(18)28)26-10-12-27(13-11-26)22(30)24-16-8-6-15(23)7-9-16/h2-9,25H,10-13H2,1H3,(H,24,30). The van der Waals surface area contributed by atoms with E-state index in [0.29, 0.717) is 48.3 Å². The predicted molar refractivity (Wildman–Crippen MR) is 120 cm³/mol. The third kappa shape index (κ3) is 3.89. The average molecular weight is 425 g/mol.